The molecule has 0 atom stereocenters. The number of methoxy groups -OCH3 is 1. The maximum atomic E-state index is 12.3. The van der Waals surface area contributed by atoms with E-state index in [1.54, 1.807) is 14.2 Å². The quantitative estimate of drug-likeness (QED) is 0.756. The summed E-state index contributed by atoms with van der Waals surface area (Å²) < 4.78 is 5.11. The van der Waals surface area contributed by atoms with E-state index in [0.717, 1.165) is 27.5 Å². The lowest BCUT2D eigenvalue weighted by molar-refractivity contribution is -0.131. The van der Waals surface area contributed by atoms with Crippen LogP contribution in [0.4, 0.5) is 5.69 Å². The van der Waals surface area contributed by atoms with Crippen LogP contribution in [0, 0.1) is 13.8 Å². The lowest BCUT2D eigenvalue weighted by Crippen LogP contribution is -2.36. The Morgan fingerprint density at radius 1 is 1.08 bits per heavy atom. The van der Waals surface area contributed by atoms with Crippen LogP contribution < -0.4 is 10.1 Å². The van der Waals surface area contributed by atoms with Gasteiger partial charge in [0.1, 0.15) is 5.75 Å². The summed E-state index contributed by atoms with van der Waals surface area (Å²) in [4.78, 5) is 26.9. The van der Waals surface area contributed by atoms with Crippen LogP contribution in [0.5, 0.6) is 5.75 Å². The van der Waals surface area contributed by atoms with Gasteiger partial charge in [-0.15, -0.1) is 11.8 Å². The van der Waals surface area contributed by atoms with Crippen molar-refractivity contribution in [2.75, 3.05) is 31.8 Å². The normalized spacial score (nSPS) is 10.3. The van der Waals surface area contributed by atoms with Crippen molar-refractivity contribution >= 4 is 29.3 Å². The van der Waals surface area contributed by atoms with Gasteiger partial charge in [-0.05, 0) is 49.2 Å². The number of rotatable bonds is 7. The lowest BCUT2D eigenvalue weighted by Gasteiger charge is -2.18. The summed E-state index contributed by atoms with van der Waals surface area (Å²) in [6.07, 6.45) is 0. The van der Waals surface area contributed by atoms with E-state index in [2.05, 4.69) is 5.32 Å². The highest BCUT2D eigenvalue weighted by Crippen LogP contribution is 2.22. The average molecular weight is 372 g/mol. The van der Waals surface area contributed by atoms with E-state index in [9.17, 15) is 9.59 Å². The van der Waals surface area contributed by atoms with Crippen molar-refractivity contribution in [3.05, 3.63) is 53.6 Å². The minimum atomic E-state index is -0.201. The Morgan fingerprint density at radius 3 is 2.27 bits per heavy atom. The number of ether oxygens (including phenoxy) is 1. The van der Waals surface area contributed by atoms with Gasteiger partial charge in [-0.3, -0.25) is 9.59 Å². The molecule has 0 heterocycles. The zero-order valence-corrected chi connectivity index (χ0v) is 16.4. The summed E-state index contributed by atoms with van der Waals surface area (Å²) in [6.45, 7) is 3.92. The van der Waals surface area contributed by atoms with E-state index in [4.69, 9.17) is 4.74 Å². The Kier molecular flexibility index (Phi) is 7.09. The lowest BCUT2D eigenvalue weighted by atomic mass is 10.1. The average Bonchev–Trinajstić information content (AvgIpc) is 2.63. The Hall–Kier alpha value is -2.47. The fraction of sp³-hybridized carbons (Fsp3) is 0.300. The van der Waals surface area contributed by atoms with E-state index in [1.807, 2.05) is 56.3 Å². The first-order valence-corrected chi connectivity index (χ1v) is 9.26. The van der Waals surface area contributed by atoms with Crippen LogP contribution in [0.3, 0.4) is 0 Å². The molecule has 2 aromatic rings. The number of nitrogens with one attached hydrogen (secondary N) is 1. The third-order valence-electron chi connectivity index (χ3n) is 3.97. The number of hydrogen-bond acceptors (Lipinski definition) is 4. The summed E-state index contributed by atoms with van der Waals surface area (Å²) in [5.74, 6) is 0.760. The molecule has 0 bridgehead atoms. The number of para-hydroxylation sites is 1. The molecule has 0 unspecified atom stereocenters. The molecule has 0 radical (unpaired) electrons. The zero-order chi connectivity index (χ0) is 19.1. The van der Waals surface area contributed by atoms with Gasteiger partial charge in [0.05, 0.1) is 19.4 Å². The molecule has 1 N–H and O–H groups in total. The van der Waals surface area contributed by atoms with Crippen LogP contribution in [-0.4, -0.2) is 43.2 Å². The summed E-state index contributed by atoms with van der Waals surface area (Å²) in [6, 6.07) is 13.4. The Bertz CT molecular complexity index is 755. The second-order valence-corrected chi connectivity index (χ2v) is 7.08. The summed E-state index contributed by atoms with van der Waals surface area (Å²) in [7, 11) is 3.26. The third-order valence-corrected chi connectivity index (χ3v) is 4.97. The first-order valence-electron chi connectivity index (χ1n) is 8.27. The minimum Gasteiger partial charge on any atom is -0.497 e. The maximum absolute atomic E-state index is 12.3. The van der Waals surface area contributed by atoms with E-state index in [1.165, 1.54) is 16.7 Å². The van der Waals surface area contributed by atoms with Gasteiger partial charge < -0.3 is 15.0 Å². The number of carbonyl (C=O) groups is 2. The topological polar surface area (TPSA) is 58.6 Å². The zero-order valence-electron chi connectivity index (χ0n) is 15.5. The largest absolute Gasteiger partial charge is 0.497 e. The molecule has 0 spiro atoms. The van der Waals surface area contributed by atoms with Gasteiger partial charge in [-0.25, -0.2) is 0 Å². The third kappa shape index (κ3) is 5.52. The number of carbonyl (C=O) groups excluding carboxylic acids is 2. The number of hydrogen-bond donors (Lipinski definition) is 1. The van der Waals surface area contributed by atoms with Crippen LogP contribution in [0.2, 0.25) is 0 Å². The van der Waals surface area contributed by atoms with Gasteiger partial charge in [0.15, 0.2) is 0 Å². The molecule has 2 amide bonds. The number of likely N-dealkylation sites (N-methyl/N-ethyl adjacent to an activating group) is 1. The highest BCUT2D eigenvalue weighted by Gasteiger charge is 2.14. The number of benzene rings is 2. The predicted molar refractivity (Wildman–Crippen MR) is 106 cm³/mol. The predicted octanol–water partition coefficient (Wildman–Crippen LogP) is 3.50. The van der Waals surface area contributed by atoms with Crippen LogP contribution in [0.15, 0.2) is 47.4 Å². The van der Waals surface area contributed by atoms with E-state index < -0.39 is 0 Å². The van der Waals surface area contributed by atoms with Gasteiger partial charge in [0.25, 0.3) is 0 Å². The second-order valence-electron chi connectivity index (χ2n) is 6.03. The number of thioether (sulfide) groups is 1. The van der Waals surface area contributed by atoms with E-state index in [-0.39, 0.29) is 24.1 Å². The smallest absolute Gasteiger partial charge is 0.243 e. The van der Waals surface area contributed by atoms with Crippen LogP contribution in [0.25, 0.3) is 0 Å². The van der Waals surface area contributed by atoms with Crippen molar-refractivity contribution in [3.63, 3.8) is 0 Å². The molecule has 0 aliphatic heterocycles. The van der Waals surface area contributed by atoms with Crippen LogP contribution in [-0.2, 0) is 9.59 Å². The Balaban J connectivity index is 1.84. The number of nitrogens with zero attached hydrogens (tertiary/aromatic N) is 1. The molecule has 138 valence electrons. The molecule has 6 heteroatoms. The standard InChI is InChI=1S/C20H24N2O3S/c1-14-6-5-7-15(2)20(14)21-18(23)12-22(3)19(24)13-26-17-10-8-16(25-4)9-11-17/h5-11H,12-13H2,1-4H3,(H,21,23). The minimum absolute atomic E-state index is 0.0236. The van der Waals surface area contributed by atoms with Crippen molar-refractivity contribution in [1.82, 2.24) is 4.90 Å². The van der Waals surface area contributed by atoms with Crippen LogP contribution >= 0.6 is 11.8 Å². The fourth-order valence-corrected chi connectivity index (χ4v) is 3.26. The van der Waals surface area contributed by atoms with Crippen LogP contribution in [0.1, 0.15) is 11.1 Å². The molecule has 0 saturated carbocycles. The fourth-order valence-electron chi connectivity index (χ4n) is 2.42. The molecule has 0 aromatic heterocycles. The van der Waals surface area contributed by atoms with Crippen molar-refractivity contribution in [1.29, 1.82) is 0 Å². The molecule has 26 heavy (non-hydrogen) atoms. The molecule has 0 aliphatic rings. The molecule has 0 fully saturated rings. The van der Waals surface area contributed by atoms with Crippen molar-refractivity contribution < 1.29 is 14.3 Å². The van der Waals surface area contributed by atoms with Gasteiger partial charge in [-0.2, -0.15) is 0 Å². The van der Waals surface area contributed by atoms with E-state index >= 15 is 0 Å². The van der Waals surface area contributed by atoms with Crippen molar-refractivity contribution in [2.24, 2.45) is 0 Å². The molecular weight excluding hydrogens is 348 g/mol. The van der Waals surface area contributed by atoms with Gasteiger partial charge in [0, 0.05) is 17.6 Å². The van der Waals surface area contributed by atoms with Gasteiger partial charge in [0.2, 0.25) is 11.8 Å². The highest BCUT2D eigenvalue weighted by molar-refractivity contribution is 8.00. The summed E-state index contributed by atoms with van der Waals surface area (Å²) in [5.41, 5.74) is 2.82. The molecule has 5 nitrogen and oxygen atoms in total. The molecule has 2 rings (SSSR count). The first kappa shape index (κ1) is 19.8. The number of aryl methyl sites for hydroxylation is 2. The molecule has 0 saturated heterocycles. The molecule has 2 aromatic carbocycles. The summed E-state index contributed by atoms with van der Waals surface area (Å²) >= 11 is 1.43. The highest BCUT2D eigenvalue weighted by atomic mass is 32.2. The first-order chi connectivity index (χ1) is 12.4. The van der Waals surface area contributed by atoms with Crippen molar-refractivity contribution in [2.45, 2.75) is 18.7 Å². The Morgan fingerprint density at radius 2 is 1.69 bits per heavy atom. The van der Waals surface area contributed by atoms with E-state index in [0.29, 0.717) is 0 Å². The monoisotopic (exact) mass is 372 g/mol. The SMILES string of the molecule is COc1ccc(SCC(=O)N(C)CC(=O)Nc2c(C)cccc2C)cc1. The Labute approximate surface area is 158 Å². The molecule has 0 aliphatic carbocycles. The molecular formula is C20H24N2O3S. The van der Waals surface area contributed by atoms with Gasteiger partial charge >= 0.3 is 0 Å². The number of anilines is 1. The summed E-state index contributed by atoms with van der Waals surface area (Å²) in [5, 5.41) is 2.90. The number of amides is 2. The second kappa shape index (κ2) is 9.29. The maximum Gasteiger partial charge on any atom is 0.243 e. The van der Waals surface area contributed by atoms with Gasteiger partial charge in [-0.1, -0.05) is 18.2 Å². The van der Waals surface area contributed by atoms with Crippen molar-refractivity contribution in [3.8, 4) is 5.75 Å².